The lowest BCUT2D eigenvalue weighted by Crippen LogP contribution is -2.39. The molecular weight excluding hydrogens is 306 g/mol. The minimum Gasteiger partial charge on any atom is -0.508 e. The number of nitrogens with zero attached hydrogens (tertiary/aromatic N) is 1. The molecule has 24 heavy (non-hydrogen) atoms. The number of rotatable bonds is 5. The van der Waals surface area contributed by atoms with Crippen molar-refractivity contribution in [2.24, 2.45) is 0 Å². The topological polar surface area (TPSA) is 51.2 Å². The molecule has 0 amide bonds. The number of benzene rings is 2. The SMILES string of the molecule is COc1ccc(C(c2cc(OC)ccc2O)N2CCOCC2)cc1. The second kappa shape index (κ2) is 7.55. The second-order valence-electron chi connectivity index (χ2n) is 5.75. The molecule has 1 heterocycles. The minimum absolute atomic E-state index is 0.0603. The second-order valence-corrected chi connectivity index (χ2v) is 5.75. The van der Waals surface area contributed by atoms with Gasteiger partial charge in [-0.15, -0.1) is 0 Å². The zero-order valence-corrected chi connectivity index (χ0v) is 14.1. The summed E-state index contributed by atoms with van der Waals surface area (Å²) in [5.74, 6) is 1.81. The van der Waals surface area contributed by atoms with E-state index in [1.807, 2.05) is 30.3 Å². The summed E-state index contributed by atoms with van der Waals surface area (Å²) >= 11 is 0. The van der Waals surface area contributed by atoms with Crippen LogP contribution in [0.3, 0.4) is 0 Å². The van der Waals surface area contributed by atoms with Crippen molar-refractivity contribution in [1.82, 2.24) is 4.90 Å². The Balaban J connectivity index is 2.03. The number of phenols is 1. The fraction of sp³-hybridized carbons (Fsp3) is 0.368. The number of methoxy groups -OCH3 is 2. The molecule has 0 bridgehead atoms. The van der Waals surface area contributed by atoms with Crippen LogP contribution in [0.4, 0.5) is 0 Å². The highest BCUT2D eigenvalue weighted by atomic mass is 16.5. The molecule has 1 fully saturated rings. The number of phenolic OH excluding ortho intramolecular Hbond substituents is 1. The third-order valence-corrected chi connectivity index (χ3v) is 4.37. The average molecular weight is 329 g/mol. The van der Waals surface area contributed by atoms with Crippen LogP contribution >= 0.6 is 0 Å². The summed E-state index contributed by atoms with van der Waals surface area (Å²) in [6, 6.07) is 13.3. The molecule has 128 valence electrons. The van der Waals surface area contributed by atoms with Crippen molar-refractivity contribution in [3.63, 3.8) is 0 Å². The fourth-order valence-electron chi connectivity index (χ4n) is 3.09. The van der Waals surface area contributed by atoms with Crippen molar-refractivity contribution in [1.29, 1.82) is 0 Å². The molecule has 1 N–H and O–H groups in total. The third kappa shape index (κ3) is 3.47. The maximum absolute atomic E-state index is 10.5. The highest BCUT2D eigenvalue weighted by Gasteiger charge is 2.27. The number of hydrogen-bond acceptors (Lipinski definition) is 5. The van der Waals surface area contributed by atoms with E-state index in [0.29, 0.717) is 13.2 Å². The van der Waals surface area contributed by atoms with Gasteiger partial charge >= 0.3 is 0 Å². The zero-order valence-electron chi connectivity index (χ0n) is 14.1. The Morgan fingerprint density at radius 2 is 1.58 bits per heavy atom. The van der Waals surface area contributed by atoms with E-state index in [-0.39, 0.29) is 11.8 Å². The Bertz CT molecular complexity index is 666. The van der Waals surface area contributed by atoms with Crippen molar-refractivity contribution in [3.8, 4) is 17.2 Å². The lowest BCUT2D eigenvalue weighted by Gasteiger charge is -2.35. The van der Waals surface area contributed by atoms with Gasteiger partial charge in [0.25, 0.3) is 0 Å². The lowest BCUT2D eigenvalue weighted by molar-refractivity contribution is 0.0235. The Hall–Kier alpha value is -2.24. The molecule has 0 saturated carbocycles. The molecule has 1 atom stereocenters. The summed E-state index contributed by atoms with van der Waals surface area (Å²) in [6.45, 7) is 3.01. The highest BCUT2D eigenvalue weighted by molar-refractivity contribution is 5.46. The monoisotopic (exact) mass is 329 g/mol. The molecule has 0 aromatic heterocycles. The van der Waals surface area contributed by atoms with Crippen molar-refractivity contribution in [3.05, 3.63) is 53.6 Å². The van der Waals surface area contributed by atoms with E-state index in [2.05, 4.69) is 4.90 Å². The van der Waals surface area contributed by atoms with Crippen molar-refractivity contribution in [2.75, 3.05) is 40.5 Å². The average Bonchev–Trinajstić information content (AvgIpc) is 2.65. The smallest absolute Gasteiger partial charge is 0.120 e. The van der Waals surface area contributed by atoms with E-state index < -0.39 is 0 Å². The normalized spacial score (nSPS) is 16.6. The number of aromatic hydroxyl groups is 1. The van der Waals surface area contributed by atoms with Gasteiger partial charge in [0.15, 0.2) is 0 Å². The first kappa shape index (κ1) is 16.6. The standard InChI is InChI=1S/C19H23NO4/c1-22-15-5-3-14(4-6-15)19(20-9-11-24-12-10-20)17-13-16(23-2)7-8-18(17)21/h3-8,13,19,21H,9-12H2,1-2H3. The van der Waals surface area contributed by atoms with Gasteiger partial charge in [0.1, 0.15) is 17.2 Å². The van der Waals surface area contributed by atoms with Crippen LogP contribution in [-0.2, 0) is 4.74 Å². The first-order chi connectivity index (χ1) is 11.7. The van der Waals surface area contributed by atoms with Gasteiger partial charge in [-0.2, -0.15) is 0 Å². The van der Waals surface area contributed by atoms with Gasteiger partial charge in [0, 0.05) is 18.7 Å². The predicted molar refractivity (Wildman–Crippen MR) is 91.9 cm³/mol. The first-order valence-electron chi connectivity index (χ1n) is 8.05. The van der Waals surface area contributed by atoms with Crippen molar-refractivity contribution < 1.29 is 19.3 Å². The summed E-state index contributed by atoms with van der Waals surface area (Å²) in [4.78, 5) is 2.32. The van der Waals surface area contributed by atoms with E-state index >= 15 is 0 Å². The van der Waals surface area contributed by atoms with Crippen LogP contribution in [0.1, 0.15) is 17.2 Å². The number of ether oxygens (including phenoxy) is 3. The number of hydrogen-bond donors (Lipinski definition) is 1. The Kier molecular flexibility index (Phi) is 5.23. The van der Waals surface area contributed by atoms with Crippen molar-refractivity contribution in [2.45, 2.75) is 6.04 Å². The molecule has 5 heteroatoms. The van der Waals surface area contributed by atoms with Gasteiger partial charge in [-0.3, -0.25) is 4.90 Å². The maximum Gasteiger partial charge on any atom is 0.120 e. The van der Waals surface area contributed by atoms with Crippen LogP contribution < -0.4 is 9.47 Å². The maximum atomic E-state index is 10.5. The predicted octanol–water partition coefficient (Wildman–Crippen LogP) is 2.83. The summed E-state index contributed by atoms with van der Waals surface area (Å²) in [5.41, 5.74) is 1.93. The van der Waals surface area contributed by atoms with E-state index in [1.165, 1.54) is 0 Å². The largest absolute Gasteiger partial charge is 0.508 e. The van der Waals surface area contributed by atoms with Gasteiger partial charge in [-0.1, -0.05) is 12.1 Å². The first-order valence-corrected chi connectivity index (χ1v) is 8.05. The van der Waals surface area contributed by atoms with Crippen LogP contribution in [0.2, 0.25) is 0 Å². The molecule has 5 nitrogen and oxygen atoms in total. The van der Waals surface area contributed by atoms with Crippen LogP contribution in [0.25, 0.3) is 0 Å². The fourth-order valence-corrected chi connectivity index (χ4v) is 3.09. The summed E-state index contributed by atoms with van der Waals surface area (Å²) in [6.07, 6.45) is 0. The summed E-state index contributed by atoms with van der Waals surface area (Å²) in [5, 5.41) is 10.5. The molecule has 2 aromatic rings. The lowest BCUT2D eigenvalue weighted by atomic mass is 9.95. The Labute approximate surface area is 142 Å². The van der Waals surface area contributed by atoms with Crippen LogP contribution in [-0.4, -0.2) is 50.5 Å². The number of morpholine rings is 1. The molecule has 3 rings (SSSR count). The minimum atomic E-state index is -0.0603. The van der Waals surface area contributed by atoms with Gasteiger partial charge in [-0.05, 0) is 35.9 Å². The van der Waals surface area contributed by atoms with Crippen molar-refractivity contribution >= 4 is 0 Å². The Morgan fingerprint density at radius 1 is 0.958 bits per heavy atom. The van der Waals surface area contributed by atoms with E-state index in [0.717, 1.165) is 35.7 Å². The zero-order chi connectivity index (χ0) is 16.9. The molecular formula is C19H23NO4. The molecule has 1 aliphatic heterocycles. The quantitative estimate of drug-likeness (QED) is 0.914. The third-order valence-electron chi connectivity index (χ3n) is 4.37. The summed E-state index contributed by atoms with van der Waals surface area (Å²) in [7, 11) is 3.29. The molecule has 2 aromatic carbocycles. The molecule has 0 spiro atoms. The molecule has 1 aliphatic rings. The Morgan fingerprint density at radius 3 is 2.21 bits per heavy atom. The van der Waals surface area contributed by atoms with Crippen LogP contribution in [0, 0.1) is 0 Å². The molecule has 0 radical (unpaired) electrons. The molecule has 1 unspecified atom stereocenters. The van der Waals surface area contributed by atoms with E-state index in [1.54, 1.807) is 26.4 Å². The summed E-state index contributed by atoms with van der Waals surface area (Å²) < 4.78 is 16.1. The molecule has 0 aliphatic carbocycles. The van der Waals surface area contributed by atoms with Crippen LogP contribution in [0.15, 0.2) is 42.5 Å². The van der Waals surface area contributed by atoms with Crippen LogP contribution in [0.5, 0.6) is 17.2 Å². The van der Waals surface area contributed by atoms with E-state index in [4.69, 9.17) is 14.2 Å². The van der Waals surface area contributed by atoms with Gasteiger partial charge in [0.2, 0.25) is 0 Å². The van der Waals surface area contributed by atoms with E-state index in [9.17, 15) is 5.11 Å². The van der Waals surface area contributed by atoms with Gasteiger partial charge < -0.3 is 19.3 Å². The van der Waals surface area contributed by atoms with Gasteiger partial charge in [-0.25, -0.2) is 0 Å². The highest BCUT2D eigenvalue weighted by Crippen LogP contribution is 2.37. The molecule has 1 saturated heterocycles. The van der Waals surface area contributed by atoms with Gasteiger partial charge in [0.05, 0.1) is 33.5 Å².